The Hall–Kier alpha value is -1.45. The lowest BCUT2D eigenvalue weighted by molar-refractivity contribution is 0.0855. The molecule has 0 radical (unpaired) electrons. The highest BCUT2D eigenvalue weighted by Crippen LogP contribution is 2.16. The van der Waals surface area contributed by atoms with Crippen molar-refractivity contribution in [2.75, 3.05) is 26.9 Å². The van der Waals surface area contributed by atoms with Crippen LogP contribution in [0.5, 0.6) is 0 Å². The molecular formula is C15H21NO2. The molecule has 0 fully saturated rings. The van der Waals surface area contributed by atoms with Crippen molar-refractivity contribution in [3.8, 4) is 0 Å². The molecule has 1 rings (SSSR count). The first-order valence-electron chi connectivity index (χ1n) is 6.03. The Morgan fingerprint density at radius 3 is 2.78 bits per heavy atom. The van der Waals surface area contributed by atoms with Gasteiger partial charge in [-0.1, -0.05) is 18.7 Å². The van der Waals surface area contributed by atoms with E-state index >= 15 is 0 Å². The molecule has 1 heterocycles. The Balaban J connectivity index is 2.66. The summed E-state index contributed by atoms with van der Waals surface area (Å²) in [6.45, 7) is 9.67. The monoisotopic (exact) mass is 247 g/mol. The highest BCUT2D eigenvalue weighted by Gasteiger charge is 2.02. The zero-order valence-electron chi connectivity index (χ0n) is 11.4. The van der Waals surface area contributed by atoms with E-state index in [1.807, 2.05) is 19.1 Å². The molecule has 0 aromatic carbocycles. The first-order chi connectivity index (χ1) is 8.69. The Morgan fingerprint density at radius 2 is 2.11 bits per heavy atom. The van der Waals surface area contributed by atoms with Crippen LogP contribution in [0.3, 0.4) is 0 Å². The van der Waals surface area contributed by atoms with Crippen molar-refractivity contribution in [1.29, 1.82) is 0 Å². The van der Waals surface area contributed by atoms with Gasteiger partial charge < -0.3 is 9.47 Å². The van der Waals surface area contributed by atoms with Gasteiger partial charge in [0.25, 0.3) is 0 Å². The average molecular weight is 247 g/mol. The van der Waals surface area contributed by atoms with E-state index in [1.54, 1.807) is 13.2 Å². The number of nitrogens with zero attached hydrogens (tertiary/aromatic N) is 1. The highest BCUT2D eigenvalue weighted by atomic mass is 16.5. The van der Waals surface area contributed by atoms with Crippen LogP contribution in [0.1, 0.15) is 22.5 Å². The van der Waals surface area contributed by atoms with E-state index in [4.69, 9.17) is 9.47 Å². The molecule has 0 amide bonds. The van der Waals surface area contributed by atoms with E-state index < -0.39 is 0 Å². The van der Waals surface area contributed by atoms with Gasteiger partial charge in [0.05, 0.1) is 25.5 Å². The Kier molecular flexibility index (Phi) is 6.33. The van der Waals surface area contributed by atoms with E-state index in [0.29, 0.717) is 19.8 Å². The molecule has 0 saturated carbocycles. The lowest BCUT2D eigenvalue weighted by atomic mass is 10.1. The van der Waals surface area contributed by atoms with Crippen molar-refractivity contribution in [3.05, 3.63) is 41.2 Å². The summed E-state index contributed by atoms with van der Waals surface area (Å²) in [7, 11) is 1.66. The second kappa shape index (κ2) is 7.80. The highest BCUT2D eigenvalue weighted by molar-refractivity contribution is 5.64. The van der Waals surface area contributed by atoms with E-state index in [9.17, 15) is 0 Å². The van der Waals surface area contributed by atoms with Crippen molar-refractivity contribution >= 4 is 12.2 Å². The molecule has 0 saturated heterocycles. The third kappa shape index (κ3) is 4.43. The molecule has 1 aromatic heterocycles. The van der Waals surface area contributed by atoms with Crippen molar-refractivity contribution < 1.29 is 9.47 Å². The van der Waals surface area contributed by atoms with Crippen molar-refractivity contribution in [2.24, 2.45) is 0 Å². The standard InChI is InChI=1S/C15H21NO2/c1-5-15-14(12(2)11-13(3)16-15)7-6-8-18-10-9-17-4/h5-7,11H,1,8-10H2,2-4H3/b7-6-. The number of hydrogen-bond acceptors (Lipinski definition) is 3. The van der Waals surface area contributed by atoms with E-state index in [-0.39, 0.29) is 0 Å². The molecular weight excluding hydrogens is 226 g/mol. The number of aryl methyl sites for hydroxylation is 2. The van der Waals surface area contributed by atoms with Gasteiger partial charge >= 0.3 is 0 Å². The maximum atomic E-state index is 5.37. The lowest BCUT2D eigenvalue weighted by Gasteiger charge is -2.06. The minimum absolute atomic E-state index is 0.577. The maximum Gasteiger partial charge on any atom is 0.0704 e. The van der Waals surface area contributed by atoms with Crippen LogP contribution >= 0.6 is 0 Å². The second-order valence-electron chi connectivity index (χ2n) is 4.05. The van der Waals surface area contributed by atoms with Gasteiger partial charge in [-0.3, -0.25) is 4.98 Å². The molecule has 0 atom stereocenters. The SMILES string of the molecule is C=Cc1nc(C)cc(C)c1/C=C\COCCOC. The second-order valence-corrected chi connectivity index (χ2v) is 4.05. The van der Waals surface area contributed by atoms with Gasteiger partial charge in [0, 0.05) is 18.4 Å². The number of methoxy groups -OCH3 is 1. The third-order valence-corrected chi connectivity index (χ3v) is 2.55. The smallest absolute Gasteiger partial charge is 0.0704 e. The predicted molar refractivity (Wildman–Crippen MR) is 75.5 cm³/mol. The van der Waals surface area contributed by atoms with E-state index in [2.05, 4.69) is 24.6 Å². The predicted octanol–water partition coefficient (Wildman–Crippen LogP) is 3.02. The summed E-state index contributed by atoms with van der Waals surface area (Å²) in [6.07, 6.45) is 5.80. The fourth-order valence-corrected chi connectivity index (χ4v) is 1.71. The molecule has 0 spiro atoms. The van der Waals surface area contributed by atoms with Gasteiger partial charge in [0.15, 0.2) is 0 Å². The molecule has 98 valence electrons. The first-order valence-corrected chi connectivity index (χ1v) is 6.03. The normalized spacial score (nSPS) is 11.1. The molecule has 3 heteroatoms. The summed E-state index contributed by atoms with van der Waals surface area (Å²) in [6, 6.07) is 2.07. The minimum Gasteiger partial charge on any atom is -0.382 e. The Morgan fingerprint density at radius 1 is 1.33 bits per heavy atom. The van der Waals surface area contributed by atoms with E-state index in [0.717, 1.165) is 17.0 Å². The lowest BCUT2D eigenvalue weighted by Crippen LogP contribution is -2.01. The minimum atomic E-state index is 0.577. The maximum absolute atomic E-state index is 5.37. The summed E-state index contributed by atoms with van der Waals surface area (Å²) >= 11 is 0. The summed E-state index contributed by atoms with van der Waals surface area (Å²) < 4.78 is 10.3. The van der Waals surface area contributed by atoms with Gasteiger partial charge in [-0.05, 0) is 31.6 Å². The quantitative estimate of drug-likeness (QED) is 0.694. The van der Waals surface area contributed by atoms with Crippen LogP contribution in [0.2, 0.25) is 0 Å². The molecule has 0 unspecified atom stereocenters. The average Bonchev–Trinajstić information content (AvgIpc) is 2.35. The Bertz CT molecular complexity index is 425. The molecule has 0 bridgehead atoms. The van der Waals surface area contributed by atoms with Gasteiger partial charge in [0.1, 0.15) is 0 Å². The molecule has 0 aliphatic carbocycles. The van der Waals surface area contributed by atoms with Crippen molar-refractivity contribution in [2.45, 2.75) is 13.8 Å². The van der Waals surface area contributed by atoms with Crippen LogP contribution in [-0.2, 0) is 9.47 Å². The summed E-state index contributed by atoms with van der Waals surface area (Å²) in [5.41, 5.74) is 4.23. The fraction of sp³-hybridized carbons (Fsp3) is 0.400. The number of aromatic nitrogens is 1. The topological polar surface area (TPSA) is 31.4 Å². The summed E-state index contributed by atoms with van der Waals surface area (Å²) in [5.74, 6) is 0. The van der Waals surface area contributed by atoms with Gasteiger partial charge in [-0.25, -0.2) is 0 Å². The van der Waals surface area contributed by atoms with Crippen LogP contribution in [-0.4, -0.2) is 31.9 Å². The summed E-state index contributed by atoms with van der Waals surface area (Å²) in [4.78, 5) is 4.45. The molecule has 0 N–H and O–H groups in total. The number of ether oxygens (including phenoxy) is 2. The zero-order valence-corrected chi connectivity index (χ0v) is 11.4. The van der Waals surface area contributed by atoms with Gasteiger partial charge in [-0.15, -0.1) is 0 Å². The molecule has 0 aliphatic heterocycles. The third-order valence-electron chi connectivity index (χ3n) is 2.55. The van der Waals surface area contributed by atoms with Gasteiger partial charge in [-0.2, -0.15) is 0 Å². The van der Waals surface area contributed by atoms with Crippen molar-refractivity contribution in [1.82, 2.24) is 4.98 Å². The Labute approximate surface area is 109 Å². The largest absolute Gasteiger partial charge is 0.382 e. The van der Waals surface area contributed by atoms with Crippen molar-refractivity contribution in [3.63, 3.8) is 0 Å². The number of hydrogen-bond donors (Lipinski definition) is 0. The van der Waals surface area contributed by atoms with Crippen LogP contribution < -0.4 is 0 Å². The van der Waals surface area contributed by atoms with E-state index in [1.165, 1.54) is 5.56 Å². The number of pyridine rings is 1. The molecule has 1 aromatic rings. The van der Waals surface area contributed by atoms with Gasteiger partial charge in [0.2, 0.25) is 0 Å². The fourth-order valence-electron chi connectivity index (χ4n) is 1.71. The molecule has 3 nitrogen and oxygen atoms in total. The molecule has 0 aliphatic rings. The zero-order chi connectivity index (χ0) is 13.4. The molecule has 18 heavy (non-hydrogen) atoms. The first kappa shape index (κ1) is 14.6. The number of rotatable bonds is 7. The van der Waals surface area contributed by atoms with Crippen LogP contribution in [0.25, 0.3) is 12.2 Å². The van der Waals surface area contributed by atoms with Crippen LogP contribution in [0.15, 0.2) is 18.7 Å². The van der Waals surface area contributed by atoms with Crippen LogP contribution in [0.4, 0.5) is 0 Å². The summed E-state index contributed by atoms with van der Waals surface area (Å²) in [5, 5.41) is 0. The van der Waals surface area contributed by atoms with Crippen LogP contribution in [0, 0.1) is 13.8 Å².